The second kappa shape index (κ2) is 5.99. The Morgan fingerprint density at radius 1 is 1.25 bits per heavy atom. The quantitative estimate of drug-likeness (QED) is 0.864. The van der Waals surface area contributed by atoms with Crippen LogP contribution in [0.15, 0.2) is 0 Å². The number of thiazole rings is 1. The van der Waals surface area contributed by atoms with E-state index in [-0.39, 0.29) is 11.4 Å². The summed E-state index contributed by atoms with van der Waals surface area (Å²) in [5.41, 5.74) is 3.92. The Labute approximate surface area is 120 Å². The molecule has 1 saturated carbocycles. The van der Waals surface area contributed by atoms with Crippen LogP contribution in [-0.2, 0) is 23.1 Å². The monoisotopic (exact) mass is 308 g/mol. The van der Waals surface area contributed by atoms with Crippen LogP contribution in [0.3, 0.4) is 0 Å². The Bertz CT molecular complexity index is 451. The van der Waals surface area contributed by atoms with Crippen LogP contribution in [-0.4, -0.2) is 12.1 Å². The van der Waals surface area contributed by atoms with Gasteiger partial charge in [-0.1, -0.05) is 25.7 Å². The zero-order chi connectivity index (χ0) is 14.8. The Hall–Kier alpha value is -0.660. The molecule has 0 atom stereocenters. The first-order valence-electron chi connectivity index (χ1n) is 6.75. The van der Waals surface area contributed by atoms with Gasteiger partial charge < -0.3 is 10.5 Å². The Kier molecular flexibility index (Phi) is 4.71. The van der Waals surface area contributed by atoms with Crippen LogP contribution < -0.4 is 5.73 Å². The predicted molar refractivity (Wildman–Crippen MR) is 71.4 cm³/mol. The molecule has 1 aromatic rings. The van der Waals surface area contributed by atoms with Crippen molar-refractivity contribution in [3.63, 3.8) is 0 Å². The average molecular weight is 308 g/mol. The van der Waals surface area contributed by atoms with Crippen molar-refractivity contribution in [3.05, 3.63) is 15.6 Å². The van der Waals surface area contributed by atoms with Crippen molar-refractivity contribution in [2.24, 2.45) is 5.73 Å². The van der Waals surface area contributed by atoms with Crippen molar-refractivity contribution >= 4 is 11.3 Å². The SMILES string of the molecule is COC1(c2nc(C(F)(F)F)c(CN)s2)CCCCCC1. The lowest BCUT2D eigenvalue weighted by Gasteiger charge is -2.29. The molecule has 1 heterocycles. The number of nitrogens with zero attached hydrogens (tertiary/aromatic N) is 1. The first-order valence-corrected chi connectivity index (χ1v) is 7.57. The van der Waals surface area contributed by atoms with E-state index in [0.29, 0.717) is 5.01 Å². The summed E-state index contributed by atoms with van der Waals surface area (Å²) >= 11 is 1.04. The van der Waals surface area contributed by atoms with Crippen molar-refractivity contribution < 1.29 is 17.9 Å². The topological polar surface area (TPSA) is 48.1 Å². The van der Waals surface area contributed by atoms with Crippen LogP contribution in [0.25, 0.3) is 0 Å². The largest absolute Gasteiger partial charge is 0.434 e. The second-order valence-electron chi connectivity index (χ2n) is 5.11. The van der Waals surface area contributed by atoms with Crippen molar-refractivity contribution in [1.29, 1.82) is 0 Å². The van der Waals surface area contributed by atoms with Gasteiger partial charge in [-0.2, -0.15) is 13.2 Å². The van der Waals surface area contributed by atoms with Crippen LogP contribution in [0, 0.1) is 0 Å². The summed E-state index contributed by atoms with van der Waals surface area (Å²) in [6.45, 7) is -0.147. The van der Waals surface area contributed by atoms with E-state index in [1.54, 1.807) is 7.11 Å². The number of hydrogen-bond acceptors (Lipinski definition) is 4. The Morgan fingerprint density at radius 3 is 2.25 bits per heavy atom. The van der Waals surface area contributed by atoms with Crippen LogP contribution >= 0.6 is 11.3 Å². The molecule has 0 radical (unpaired) electrons. The van der Waals surface area contributed by atoms with Gasteiger partial charge in [0, 0.05) is 13.7 Å². The number of halogens is 3. The van der Waals surface area contributed by atoms with Gasteiger partial charge in [0.2, 0.25) is 0 Å². The minimum Gasteiger partial charge on any atom is -0.371 e. The maximum atomic E-state index is 13.0. The fourth-order valence-electron chi connectivity index (χ4n) is 2.71. The smallest absolute Gasteiger partial charge is 0.371 e. The van der Waals surface area contributed by atoms with Crippen molar-refractivity contribution in [3.8, 4) is 0 Å². The molecule has 0 spiro atoms. The highest BCUT2D eigenvalue weighted by molar-refractivity contribution is 7.11. The number of aromatic nitrogens is 1. The summed E-state index contributed by atoms with van der Waals surface area (Å²) in [5, 5.41) is 0.426. The molecule has 0 unspecified atom stereocenters. The second-order valence-corrected chi connectivity index (χ2v) is 6.19. The lowest BCUT2D eigenvalue weighted by molar-refractivity contribution is -0.141. The van der Waals surface area contributed by atoms with Crippen LogP contribution in [0.5, 0.6) is 0 Å². The molecule has 114 valence electrons. The van der Waals surface area contributed by atoms with E-state index in [4.69, 9.17) is 10.5 Å². The molecular formula is C13H19F3N2OS. The van der Waals surface area contributed by atoms with Gasteiger partial charge >= 0.3 is 6.18 Å². The highest BCUT2D eigenvalue weighted by Gasteiger charge is 2.42. The number of rotatable bonds is 3. The molecule has 1 fully saturated rings. The zero-order valence-electron chi connectivity index (χ0n) is 11.4. The van der Waals surface area contributed by atoms with Crippen molar-refractivity contribution in [1.82, 2.24) is 4.98 Å². The molecule has 0 bridgehead atoms. The number of nitrogens with two attached hydrogens (primary N) is 1. The van der Waals surface area contributed by atoms with Crippen LogP contribution in [0.4, 0.5) is 13.2 Å². The summed E-state index contributed by atoms with van der Waals surface area (Å²) in [7, 11) is 1.56. The van der Waals surface area contributed by atoms with Gasteiger partial charge in [-0.25, -0.2) is 4.98 Å². The highest BCUT2D eigenvalue weighted by Crippen LogP contribution is 2.44. The molecule has 0 amide bonds. The molecule has 7 heteroatoms. The fourth-order valence-corrected chi connectivity index (χ4v) is 3.90. The van der Waals surface area contributed by atoms with Gasteiger partial charge in [0.15, 0.2) is 5.69 Å². The van der Waals surface area contributed by atoms with E-state index in [1.165, 1.54) is 0 Å². The molecule has 0 aliphatic heterocycles. The standard InChI is InChI=1S/C13H19F3N2OS/c1-19-12(6-4-2-3-5-7-12)11-18-10(13(14,15)16)9(8-17)20-11/h2-8,17H2,1H3. The average Bonchev–Trinajstić information content (AvgIpc) is 2.71. The minimum atomic E-state index is -4.46. The number of hydrogen-bond donors (Lipinski definition) is 1. The molecule has 1 aliphatic rings. The summed E-state index contributed by atoms with van der Waals surface area (Å²) in [6, 6.07) is 0. The van der Waals surface area contributed by atoms with Crippen molar-refractivity contribution in [2.75, 3.05) is 7.11 Å². The molecule has 3 nitrogen and oxygen atoms in total. The third kappa shape index (κ3) is 2.99. The number of alkyl halides is 3. The van der Waals surface area contributed by atoms with E-state index < -0.39 is 17.5 Å². The van der Waals surface area contributed by atoms with Gasteiger partial charge in [0.1, 0.15) is 10.6 Å². The Morgan fingerprint density at radius 2 is 1.85 bits per heavy atom. The van der Waals surface area contributed by atoms with Crippen LogP contribution in [0.1, 0.15) is 54.1 Å². The predicted octanol–water partition coefficient (Wildman–Crippen LogP) is 3.82. The molecule has 20 heavy (non-hydrogen) atoms. The normalized spacial score (nSPS) is 19.9. The summed E-state index contributed by atoms with van der Waals surface area (Å²) in [4.78, 5) is 3.94. The number of ether oxygens (including phenoxy) is 1. The van der Waals surface area contributed by atoms with E-state index in [1.807, 2.05) is 0 Å². The van der Waals surface area contributed by atoms with Gasteiger partial charge in [-0.05, 0) is 12.8 Å². The van der Waals surface area contributed by atoms with Gasteiger partial charge in [-0.15, -0.1) is 11.3 Å². The van der Waals surface area contributed by atoms with Crippen molar-refractivity contribution in [2.45, 2.75) is 56.8 Å². The van der Waals surface area contributed by atoms with E-state index in [0.717, 1.165) is 49.9 Å². The van der Waals surface area contributed by atoms with Gasteiger partial charge in [0.25, 0.3) is 0 Å². The molecule has 0 aromatic carbocycles. The van der Waals surface area contributed by atoms with E-state index >= 15 is 0 Å². The van der Waals surface area contributed by atoms with Gasteiger partial charge in [-0.3, -0.25) is 0 Å². The fraction of sp³-hybridized carbons (Fsp3) is 0.769. The molecule has 0 saturated heterocycles. The first kappa shape index (κ1) is 15.7. The third-order valence-corrected chi connectivity index (χ3v) is 5.11. The maximum absolute atomic E-state index is 13.0. The molecule has 2 N–H and O–H groups in total. The maximum Gasteiger partial charge on any atom is 0.434 e. The number of methoxy groups -OCH3 is 1. The minimum absolute atomic E-state index is 0.0909. The lowest BCUT2D eigenvalue weighted by Crippen LogP contribution is -2.28. The van der Waals surface area contributed by atoms with E-state index in [2.05, 4.69) is 4.98 Å². The molecule has 2 rings (SSSR count). The summed E-state index contributed by atoms with van der Waals surface area (Å²) < 4.78 is 44.5. The van der Waals surface area contributed by atoms with Crippen LogP contribution in [0.2, 0.25) is 0 Å². The third-order valence-electron chi connectivity index (χ3n) is 3.84. The van der Waals surface area contributed by atoms with Gasteiger partial charge in [0.05, 0.1) is 4.88 Å². The van der Waals surface area contributed by atoms with E-state index in [9.17, 15) is 13.2 Å². The molecular weight excluding hydrogens is 289 g/mol. The molecule has 1 aromatic heterocycles. The Balaban J connectivity index is 2.42. The molecule has 1 aliphatic carbocycles. The summed E-state index contributed by atoms with van der Waals surface area (Å²) in [5.74, 6) is 0. The first-order chi connectivity index (χ1) is 9.43. The highest BCUT2D eigenvalue weighted by atomic mass is 32.1. The lowest BCUT2D eigenvalue weighted by atomic mass is 9.95. The summed E-state index contributed by atoms with van der Waals surface area (Å²) in [6.07, 6.45) is 1.07. The zero-order valence-corrected chi connectivity index (χ0v) is 12.2.